The zero-order valence-electron chi connectivity index (χ0n) is 16.6. The first-order chi connectivity index (χ1) is 14.1. The van der Waals surface area contributed by atoms with E-state index < -0.39 is 0 Å². The molecule has 8 nitrogen and oxygen atoms in total. The summed E-state index contributed by atoms with van der Waals surface area (Å²) in [5.41, 5.74) is 1.08. The van der Waals surface area contributed by atoms with E-state index in [0.29, 0.717) is 31.2 Å². The van der Waals surface area contributed by atoms with Crippen molar-refractivity contribution in [1.82, 2.24) is 29.9 Å². The van der Waals surface area contributed by atoms with E-state index >= 15 is 0 Å². The van der Waals surface area contributed by atoms with Crippen LogP contribution in [-0.4, -0.2) is 62.6 Å². The number of guanidine groups is 1. The topological polar surface area (TPSA) is 78.7 Å². The summed E-state index contributed by atoms with van der Waals surface area (Å²) in [4.78, 5) is 21.4. The molecule has 1 amide bonds. The van der Waals surface area contributed by atoms with Crippen LogP contribution in [0.25, 0.3) is 0 Å². The monoisotopic (exact) mass is 415 g/mol. The first-order valence-corrected chi connectivity index (χ1v) is 10.5. The van der Waals surface area contributed by atoms with Gasteiger partial charge in [-0.05, 0) is 31.0 Å². The van der Waals surface area contributed by atoms with Crippen LogP contribution in [0.4, 0.5) is 0 Å². The number of aliphatic imine (C=N–C) groups is 1. The molecule has 0 unspecified atom stereocenters. The van der Waals surface area contributed by atoms with Crippen molar-refractivity contribution in [3.8, 4) is 0 Å². The van der Waals surface area contributed by atoms with E-state index in [1.807, 2.05) is 41.0 Å². The number of rotatable bonds is 5. The molecule has 0 spiro atoms. The molecule has 2 aliphatic rings. The van der Waals surface area contributed by atoms with Crippen LogP contribution >= 0.6 is 11.6 Å². The lowest BCUT2D eigenvalue weighted by Gasteiger charge is -2.36. The number of benzene rings is 1. The minimum atomic E-state index is 0.0974. The Morgan fingerprint density at radius 1 is 1.21 bits per heavy atom. The van der Waals surface area contributed by atoms with Crippen LogP contribution in [0.2, 0.25) is 5.02 Å². The molecule has 1 aromatic heterocycles. The zero-order chi connectivity index (χ0) is 20.2. The highest BCUT2D eigenvalue weighted by atomic mass is 35.5. The summed E-state index contributed by atoms with van der Waals surface area (Å²) in [6, 6.07) is 7.64. The maximum atomic E-state index is 12.7. The second-order valence-corrected chi connectivity index (χ2v) is 7.76. The molecule has 4 rings (SSSR count). The van der Waals surface area contributed by atoms with Gasteiger partial charge in [-0.3, -0.25) is 4.79 Å². The predicted octanol–water partition coefficient (Wildman–Crippen LogP) is 1.69. The molecule has 0 aliphatic carbocycles. The lowest BCUT2D eigenvalue weighted by molar-refractivity contribution is -0.135. The molecule has 1 aromatic carbocycles. The van der Waals surface area contributed by atoms with Crippen LogP contribution in [0.5, 0.6) is 0 Å². The number of nitrogens with zero attached hydrogens (tertiary/aromatic N) is 6. The van der Waals surface area contributed by atoms with Gasteiger partial charge in [-0.1, -0.05) is 23.7 Å². The molecular formula is C20H26ClN7O. The van der Waals surface area contributed by atoms with Crippen molar-refractivity contribution in [2.75, 3.05) is 26.2 Å². The van der Waals surface area contributed by atoms with Crippen LogP contribution in [0.15, 0.2) is 29.3 Å². The number of hydrogen-bond donors (Lipinski definition) is 1. The number of nitrogens with one attached hydrogen (secondary N) is 1. The van der Waals surface area contributed by atoms with Gasteiger partial charge in [0.1, 0.15) is 12.4 Å². The SMILES string of the molecule is CCNC(=NCc1nnc2n1CCC2)N1CCN(Cc2ccc(Cl)cc2)C(=O)C1. The van der Waals surface area contributed by atoms with Crippen molar-refractivity contribution < 1.29 is 4.79 Å². The quantitative estimate of drug-likeness (QED) is 0.593. The van der Waals surface area contributed by atoms with Crippen molar-refractivity contribution in [2.45, 2.75) is 39.4 Å². The Balaban J connectivity index is 1.39. The molecule has 1 saturated heterocycles. The highest BCUT2D eigenvalue weighted by molar-refractivity contribution is 6.30. The number of amides is 1. The number of piperazine rings is 1. The molecule has 1 N–H and O–H groups in total. The molecule has 0 radical (unpaired) electrons. The van der Waals surface area contributed by atoms with Crippen molar-refractivity contribution in [2.24, 2.45) is 4.99 Å². The Hall–Kier alpha value is -2.61. The van der Waals surface area contributed by atoms with E-state index in [-0.39, 0.29) is 5.91 Å². The average molecular weight is 416 g/mol. The molecule has 29 heavy (non-hydrogen) atoms. The summed E-state index contributed by atoms with van der Waals surface area (Å²) < 4.78 is 2.16. The Morgan fingerprint density at radius 3 is 2.79 bits per heavy atom. The third-order valence-corrected chi connectivity index (χ3v) is 5.55. The number of carbonyl (C=O) groups is 1. The molecule has 154 valence electrons. The van der Waals surface area contributed by atoms with Crippen molar-refractivity contribution >= 4 is 23.5 Å². The van der Waals surface area contributed by atoms with Gasteiger partial charge in [-0.25, -0.2) is 4.99 Å². The second-order valence-electron chi connectivity index (χ2n) is 7.32. The molecule has 2 aliphatic heterocycles. The normalized spacial score (nSPS) is 17.0. The molecule has 9 heteroatoms. The van der Waals surface area contributed by atoms with E-state index in [2.05, 4.69) is 20.1 Å². The Labute approximate surface area is 175 Å². The average Bonchev–Trinajstić information content (AvgIpc) is 3.33. The molecule has 0 saturated carbocycles. The Morgan fingerprint density at radius 2 is 2.03 bits per heavy atom. The summed E-state index contributed by atoms with van der Waals surface area (Å²) in [5.74, 6) is 2.79. The van der Waals surface area contributed by atoms with Crippen LogP contribution in [-0.2, 0) is 30.8 Å². The molecule has 2 aromatic rings. The fraction of sp³-hybridized carbons (Fsp3) is 0.500. The van der Waals surface area contributed by atoms with Crippen LogP contribution in [0, 0.1) is 0 Å². The van der Waals surface area contributed by atoms with E-state index in [1.165, 1.54) is 0 Å². The minimum absolute atomic E-state index is 0.0974. The zero-order valence-corrected chi connectivity index (χ0v) is 17.4. The smallest absolute Gasteiger partial charge is 0.242 e. The van der Waals surface area contributed by atoms with Gasteiger partial charge in [-0.15, -0.1) is 10.2 Å². The largest absolute Gasteiger partial charge is 0.356 e. The van der Waals surface area contributed by atoms with Gasteiger partial charge in [0.2, 0.25) is 5.91 Å². The second kappa shape index (κ2) is 8.82. The highest BCUT2D eigenvalue weighted by Crippen LogP contribution is 2.16. The maximum absolute atomic E-state index is 12.7. The van der Waals surface area contributed by atoms with E-state index in [4.69, 9.17) is 16.6 Å². The summed E-state index contributed by atoms with van der Waals surface area (Å²) in [7, 11) is 0. The third kappa shape index (κ3) is 4.53. The Bertz CT molecular complexity index is 893. The number of halogens is 1. The standard InChI is InChI=1S/C20H26ClN7O/c1-2-22-20(23-12-18-25-24-17-4-3-9-28(17)18)27-11-10-26(19(29)14-27)13-15-5-7-16(21)8-6-15/h5-8H,2-4,9-14H2,1H3,(H,22,23). The summed E-state index contributed by atoms with van der Waals surface area (Å²) >= 11 is 5.95. The van der Waals surface area contributed by atoms with Crippen LogP contribution in [0.1, 0.15) is 30.6 Å². The molecule has 1 fully saturated rings. The molecule has 0 bridgehead atoms. The predicted molar refractivity (Wildman–Crippen MR) is 112 cm³/mol. The molecular weight excluding hydrogens is 390 g/mol. The fourth-order valence-corrected chi connectivity index (χ4v) is 3.89. The summed E-state index contributed by atoms with van der Waals surface area (Å²) in [5, 5.41) is 12.5. The van der Waals surface area contributed by atoms with Gasteiger partial charge in [-0.2, -0.15) is 0 Å². The first kappa shape index (κ1) is 19.7. The lowest BCUT2D eigenvalue weighted by atomic mass is 10.2. The minimum Gasteiger partial charge on any atom is -0.356 e. The van der Waals surface area contributed by atoms with Gasteiger partial charge in [0.25, 0.3) is 0 Å². The summed E-state index contributed by atoms with van der Waals surface area (Å²) in [6.07, 6.45) is 2.10. The van der Waals surface area contributed by atoms with Gasteiger partial charge < -0.3 is 19.7 Å². The maximum Gasteiger partial charge on any atom is 0.242 e. The number of aryl methyl sites for hydroxylation is 1. The number of fused-ring (bicyclic) bond motifs is 1. The van der Waals surface area contributed by atoms with Crippen LogP contribution < -0.4 is 5.32 Å². The van der Waals surface area contributed by atoms with Crippen LogP contribution in [0.3, 0.4) is 0 Å². The Kier molecular flexibility index (Phi) is 5.99. The number of hydrogen-bond acceptors (Lipinski definition) is 4. The molecule has 3 heterocycles. The van der Waals surface area contributed by atoms with Gasteiger partial charge in [0.05, 0.1) is 6.54 Å². The van der Waals surface area contributed by atoms with E-state index in [1.54, 1.807) is 0 Å². The van der Waals surface area contributed by atoms with Crippen molar-refractivity contribution in [1.29, 1.82) is 0 Å². The van der Waals surface area contributed by atoms with Gasteiger partial charge >= 0.3 is 0 Å². The fourth-order valence-electron chi connectivity index (χ4n) is 3.77. The lowest BCUT2D eigenvalue weighted by Crippen LogP contribution is -2.54. The van der Waals surface area contributed by atoms with E-state index in [0.717, 1.165) is 55.6 Å². The number of aromatic nitrogens is 3. The van der Waals surface area contributed by atoms with Crippen molar-refractivity contribution in [3.63, 3.8) is 0 Å². The number of carbonyl (C=O) groups excluding carboxylic acids is 1. The van der Waals surface area contributed by atoms with Gasteiger partial charge in [0.15, 0.2) is 11.8 Å². The highest BCUT2D eigenvalue weighted by Gasteiger charge is 2.26. The third-order valence-electron chi connectivity index (χ3n) is 5.30. The molecule has 0 atom stereocenters. The van der Waals surface area contributed by atoms with Gasteiger partial charge in [0, 0.05) is 44.2 Å². The summed E-state index contributed by atoms with van der Waals surface area (Å²) in [6.45, 7) is 6.52. The van der Waals surface area contributed by atoms with Crippen molar-refractivity contribution in [3.05, 3.63) is 46.5 Å². The van der Waals surface area contributed by atoms with E-state index in [9.17, 15) is 4.79 Å². The first-order valence-electron chi connectivity index (χ1n) is 10.1.